The van der Waals surface area contributed by atoms with Gasteiger partial charge >= 0.3 is 0 Å². The van der Waals surface area contributed by atoms with E-state index < -0.39 is 29.3 Å². The predicted octanol–water partition coefficient (Wildman–Crippen LogP) is 3.61. The van der Waals surface area contributed by atoms with Gasteiger partial charge < -0.3 is 24.4 Å². The Labute approximate surface area is 193 Å². The molecule has 0 aliphatic carbocycles. The number of likely N-dealkylation sites (tertiary alicyclic amines) is 1. The molecule has 1 amide bonds. The third kappa shape index (κ3) is 5.17. The maximum Gasteiger partial charge on any atom is 0.295 e. The highest BCUT2D eigenvalue weighted by molar-refractivity contribution is 6.46. The summed E-state index contributed by atoms with van der Waals surface area (Å²) in [6.45, 7) is 3.43. The Morgan fingerprint density at radius 2 is 1.85 bits per heavy atom. The maximum absolute atomic E-state index is 14.3. The van der Waals surface area contributed by atoms with Crippen LogP contribution in [-0.2, 0) is 9.59 Å². The van der Waals surface area contributed by atoms with Crippen molar-refractivity contribution in [3.8, 4) is 11.5 Å². The lowest BCUT2D eigenvalue weighted by Crippen LogP contribution is -2.32. The fourth-order valence-electron chi connectivity index (χ4n) is 3.90. The minimum Gasteiger partial charge on any atom is -0.507 e. The van der Waals surface area contributed by atoms with E-state index in [1.807, 2.05) is 25.9 Å². The number of aliphatic hydroxyl groups is 1. The number of ketones is 1. The Hall–Kier alpha value is -3.39. The van der Waals surface area contributed by atoms with Gasteiger partial charge in [-0.25, -0.2) is 4.39 Å². The van der Waals surface area contributed by atoms with Gasteiger partial charge in [-0.2, -0.15) is 0 Å². The van der Waals surface area contributed by atoms with Gasteiger partial charge in [0.15, 0.2) is 11.6 Å². The molecule has 1 N–H and O–H groups in total. The number of ether oxygens (including phenoxy) is 2. The number of hydrogen-bond acceptors (Lipinski definition) is 6. The molecule has 8 heteroatoms. The van der Waals surface area contributed by atoms with Gasteiger partial charge in [0.2, 0.25) is 0 Å². The average molecular weight is 457 g/mol. The molecule has 0 bridgehead atoms. The number of halogens is 1. The van der Waals surface area contributed by atoms with Crippen molar-refractivity contribution >= 4 is 17.4 Å². The first-order valence-corrected chi connectivity index (χ1v) is 10.8. The maximum atomic E-state index is 14.3. The molecule has 3 rings (SSSR count). The molecule has 0 unspecified atom stereocenters. The number of Topliss-reactive ketones (excluding diaryl/α,β-unsaturated/α-hetero) is 1. The normalized spacial score (nSPS) is 17.6. The van der Waals surface area contributed by atoms with Crippen molar-refractivity contribution in [2.24, 2.45) is 0 Å². The number of hydrogen-bond donors (Lipinski definition) is 1. The summed E-state index contributed by atoms with van der Waals surface area (Å²) >= 11 is 0. The minimum atomic E-state index is -0.799. The number of methoxy groups -OCH3 is 1. The third-order valence-corrected chi connectivity index (χ3v) is 5.48. The number of rotatable bonds is 9. The second-order valence-electron chi connectivity index (χ2n) is 8.00. The van der Waals surface area contributed by atoms with E-state index in [9.17, 15) is 19.1 Å². The lowest BCUT2D eigenvalue weighted by atomic mass is 9.95. The number of carbonyl (C=O) groups is 2. The smallest absolute Gasteiger partial charge is 0.295 e. The third-order valence-electron chi connectivity index (χ3n) is 5.48. The highest BCUT2D eigenvalue weighted by atomic mass is 19.1. The highest BCUT2D eigenvalue weighted by Crippen LogP contribution is 2.40. The minimum absolute atomic E-state index is 0.0127. The Bertz CT molecular complexity index is 1050. The van der Waals surface area contributed by atoms with E-state index >= 15 is 0 Å². The van der Waals surface area contributed by atoms with Crippen LogP contribution in [0.15, 0.2) is 48.0 Å². The van der Waals surface area contributed by atoms with Crippen molar-refractivity contribution in [2.75, 3.05) is 40.9 Å². The van der Waals surface area contributed by atoms with Crippen LogP contribution in [0, 0.1) is 5.82 Å². The second-order valence-corrected chi connectivity index (χ2v) is 8.00. The quantitative estimate of drug-likeness (QED) is 0.353. The van der Waals surface area contributed by atoms with Gasteiger partial charge in [-0.05, 0) is 69.9 Å². The van der Waals surface area contributed by atoms with Crippen LogP contribution in [0.4, 0.5) is 4.39 Å². The molecule has 1 saturated heterocycles. The number of amides is 1. The number of nitrogens with zero attached hydrogens (tertiary/aromatic N) is 2. The summed E-state index contributed by atoms with van der Waals surface area (Å²) < 4.78 is 24.7. The SMILES string of the molecule is CCOc1ccc([C@@H]2C(=C(O)c3ccc(OC)c(F)c3)C(=O)C(=O)N2CCCN(C)C)cc1. The summed E-state index contributed by atoms with van der Waals surface area (Å²) in [5.74, 6) is -1.93. The molecule has 2 aromatic carbocycles. The fraction of sp³-hybridized carbons (Fsp3) is 0.360. The van der Waals surface area contributed by atoms with Crippen molar-refractivity contribution in [2.45, 2.75) is 19.4 Å². The van der Waals surface area contributed by atoms with Gasteiger partial charge in [0.1, 0.15) is 11.5 Å². The Balaban J connectivity index is 2.08. The fourth-order valence-corrected chi connectivity index (χ4v) is 3.90. The van der Waals surface area contributed by atoms with Gasteiger partial charge in [-0.3, -0.25) is 9.59 Å². The van der Waals surface area contributed by atoms with E-state index in [1.54, 1.807) is 24.3 Å². The lowest BCUT2D eigenvalue weighted by Gasteiger charge is -2.26. The van der Waals surface area contributed by atoms with Gasteiger partial charge in [0, 0.05) is 12.1 Å². The number of carbonyl (C=O) groups excluding carboxylic acids is 2. The molecule has 0 spiro atoms. The van der Waals surface area contributed by atoms with Crippen LogP contribution in [0.2, 0.25) is 0 Å². The molecule has 33 heavy (non-hydrogen) atoms. The Morgan fingerprint density at radius 1 is 1.15 bits per heavy atom. The zero-order chi connectivity index (χ0) is 24.1. The van der Waals surface area contributed by atoms with E-state index in [1.165, 1.54) is 24.1 Å². The predicted molar refractivity (Wildman–Crippen MR) is 123 cm³/mol. The standard InChI is InChI=1S/C25H29FN2O5/c1-5-33-18-10-7-16(8-11-18)22-21(23(29)17-9-12-20(32-4)19(26)15-17)24(30)25(31)28(22)14-6-13-27(2)3/h7-12,15,22,29H,5-6,13-14H2,1-4H3/t22-/m1/s1. The zero-order valence-corrected chi connectivity index (χ0v) is 19.3. The first-order chi connectivity index (χ1) is 15.8. The molecule has 1 heterocycles. The van der Waals surface area contributed by atoms with E-state index in [2.05, 4.69) is 0 Å². The molecule has 0 saturated carbocycles. The van der Waals surface area contributed by atoms with Crippen molar-refractivity contribution < 1.29 is 28.6 Å². The zero-order valence-electron chi connectivity index (χ0n) is 19.3. The van der Waals surface area contributed by atoms with Crippen LogP contribution in [0.25, 0.3) is 5.76 Å². The summed E-state index contributed by atoms with van der Waals surface area (Å²) in [6, 6.07) is 10.1. The second kappa shape index (κ2) is 10.5. The molecule has 2 aromatic rings. The van der Waals surface area contributed by atoms with E-state index in [0.29, 0.717) is 30.9 Å². The van der Waals surface area contributed by atoms with E-state index in [0.717, 1.165) is 12.6 Å². The molecular formula is C25H29FN2O5. The van der Waals surface area contributed by atoms with Crippen LogP contribution in [-0.4, -0.2) is 67.5 Å². The van der Waals surface area contributed by atoms with Crippen molar-refractivity contribution in [1.29, 1.82) is 0 Å². The van der Waals surface area contributed by atoms with E-state index in [4.69, 9.17) is 9.47 Å². The molecule has 1 aliphatic rings. The topological polar surface area (TPSA) is 79.3 Å². The van der Waals surface area contributed by atoms with Crippen LogP contribution < -0.4 is 9.47 Å². The average Bonchev–Trinajstić information content (AvgIpc) is 3.04. The highest BCUT2D eigenvalue weighted by Gasteiger charge is 2.45. The Morgan fingerprint density at radius 3 is 2.42 bits per heavy atom. The van der Waals surface area contributed by atoms with Crippen LogP contribution in [0.3, 0.4) is 0 Å². The summed E-state index contributed by atoms with van der Waals surface area (Å²) in [5, 5.41) is 11.0. The molecule has 0 radical (unpaired) electrons. The van der Waals surface area contributed by atoms with Gasteiger partial charge in [0.25, 0.3) is 11.7 Å². The van der Waals surface area contributed by atoms with Crippen LogP contribution >= 0.6 is 0 Å². The molecule has 1 atom stereocenters. The summed E-state index contributed by atoms with van der Waals surface area (Å²) in [4.78, 5) is 29.4. The van der Waals surface area contributed by atoms with Crippen molar-refractivity contribution in [3.63, 3.8) is 0 Å². The molecule has 1 fully saturated rings. The lowest BCUT2D eigenvalue weighted by molar-refractivity contribution is -0.139. The van der Waals surface area contributed by atoms with Gasteiger partial charge in [-0.15, -0.1) is 0 Å². The summed E-state index contributed by atoms with van der Waals surface area (Å²) in [7, 11) is 5.19. The first kappa shape index (κ1) is 24.3. The van der Waals surface area contributed by atoms with Gasteiger partial charge in [0.05, 0.1) is 25.3 Å². The summed E-state index contributed by atoms with van der Waals surface area (Å²) in [5.41, 5.74) is 0.673. The van der Waals surface area contributed by atoms with Crippen molar-refractivity contribution in [1.82, 2.24) is 9.80 Å². The van der Waals surface area contributed by atoms with Crippen LogP contribution in [0.1, 0.15) is 30.5 Å². The molecule has 7 nitrogen and oxygen atoms in total. The molecule has 1 aliphatic heterocycles. The first-order valence-electron chi connectivity index (χ1n) is 10.8. The van der Waals surface area contributed by atoms with Crippen LogP contribution in [0.5, 0.6) is 11.5 Å². The van der Waals surface area contributed by atoms with Crippen molar-refractivity contribution in [3.05, 3.63) is 65.0 Å². The molecule has 0 aromatic heterocycles. The number of benzene rings is 2. The molecular weight excluding hydrogens is 427 g/mol. The largest absolute Gasteiger partial charge is 0.507 e. The monoisotopic (exact) mass is 456 g/mol. The van der Waals surface area contributed by atoms with E-state index in [-0.39, 0.29) is 16.9 Å². The number of aliphatic hydroxyl groups excluding tert-OH is 1. The van der Waals surface area contributed by atoms with Gasteiger partial charge in [-0.1, -0.05) is 12.1 Å². The summed E-state index contributed by atoms with van der Waals surface area (Å²) in [6.07, 6.45) is 0.644. The Kier molecular flexibility index (Phi) is 7.71. The molecule has 176 valence electrons.